The van der Waals surface area contributed by atoms with Gasteiger partial charge < -0.3 is 10.6 Å². The van der Waals surface area contributed by atoms with E-state index in [0.29, 0.717) is 5.92 Å². The van der Waals surface area contributed by atoms with E-state index in [0.717, 1.165) is 11.4 Å². The number of nitrogens with zero attached hydrogens (tertiary/aromatic N) is 4. The van der Waals surface area contributed by atoms with Crippen molar-refractivity contribution in [2.24, 2.45) is 5.92 Å². The molecule has 0 aliphatic carbocycles. The number of rotatable bonds is 6. The van der Waals surface area contributed by atoms with Gasteiger partial charge in [0.25, 0.3) is 0 Å². The number of carbonyl (C=O) groups is 1. The molecule has 0 unspecified atom stereocenters. The summed E-state index contributed by atoms with van der Waals surface area (Å²) in [6.07, 6.45) is 1.53. The van der Waals surface area contributed by atoms with Crippen molar-refractivity contribution in [2.75, 3.05) is 11.9 Å². The second-order valence-corrected chi connectivity index (χ2v) is 5.26. The summed E-state index contributed by atoms with van der Waals surface area (Å²) < 4.78 is 1.57. The van der Waals surface area contributed by atoms with Crippen LogP contribution in [0.3, 0.4) is 0 Å². The molecule has 2 N–H and O–H groups in total. The Morgan fingerprint density at radius 3 is 2.52 bits per heavy atom. The fourth-order valence-electron chi connectivity index (χ4n) is 1.67. The maximum Gasteiger partial charge on any atom is 0.239 e. The number of aromatic nitrogens is 4. The normalized spacial score (nSPS) is 12.2. The third-order valence-corrected chi connectivity index (χ3v) is 3.32. The summed E-state index contributed by atoms with van der Waals surface area (Å²) in [4.78, 5) is 11.8. The highest BCUT2D eigenvalue weighted by atomic mass is 16.1. The molecule has 1 aromatic heterocycles. The molecule has 112 valence electrons. The molecule has 0 spiro atoms. The number of benzene rings is 1. The first-order valence-corrected chi connectivity index (χ1v) is 6.93. The van der Waals surface area contributed by atoms with Gasteiger partial charge in [-0.05, 0) is 47.5 Å². The molecular weight excluding hydrogens is 268 g/mol. The molecule has 0 radical (unpaired) electrons. The van der Waals surface area contributed by atoms with E-state index in [1.165, 1.54) is 6.33 Å². The fourth-order valence-corrected chi connectivity index (χ4v) is 1.67. The van der Waals surface area contributed by atoms with Crippen LogP contribution in [0, 0.1) is 5.92 Å². The van der Waals surface area contributed by atoms with Crippen LogP contribution in [-0.2, 0) is 4.79 Å². The van der Waals surface area contributed by atoms with Crippen molar-refractivity contribution in [3.63, 3.8) is 0 Å². The molecule has 1 heterocycles. The number of carbonyl (C=O) groups excluding carboxylic acids is 1. The summed E-state index contributed by atoms with van der Waals surface area (Å²) in [6, 6.07) is 7.70. The van der Waals surface area contributed by atoms with Gasteiger partial charge in [0.1, 0.15) is 6.33 Å². The Morgan fingerprint density at radius 2 is 1.95 bits per heavy atom. The van der Waals surface area contributed by atoms with E-state index in [-0.39, 0.29) is 18.5 Å². The van der Waals surface area contributed by atoms with Gasteiger partial charge in [0.05, 0.1) is 12.2 Å². The lowest BCUT2D eigenvalue weighted by Crippen LogP contribution is -2.39. The van der Waals surface area contributed by atoms with Gasteiger partial charge in [-0.2, -0.15) is 0 Å². The van der Waals surface area contributed by atoms with Crippen molar-refractivity contribution in [2.45, 2.75) is 26.8 Å². The Balaban J connectivity index is 1.85. The Labute approximate surface area is 123 Å². The molecular formula is C14H20N6O. The van der Waals surface area contributed by atoms with Gasteiger partial charge in [0, 0.05) is 11.7 Å². The maximum atomic E-state index is 11.8. The van der Waals surface area contributed by atoms with Gasteiger partial charge >= 0.3 is 0 Å². The highest BCUT2D eigenvalue weighted by Crippen LogP contribution is 2.11. The van der Waals surface area contributed by atoms with E-state index in [2.05, 4.69) is 40.0 Å². The summed E-state index contributed by atoms with van der Waals surface area (Å²) >= 11 is 0. The first kappa shape index (κ1) is 15.0. The number of tetrazole rings is 1. The Kier molecular flexibility index (Phi) is 4.86. The van der Waals surface area contributed by atoms with Crippen LogP contribution >= 0.6 is 0 Å². The van der Waals surface area contributed by atoms with E-state index in [9.17, 15) is 4.79 Å². The lowest BCUT2D eigenvalue weighted by Gasteiger charge is -2.17. The van der Waals surface area contributed by atoms with Crippen molar-refractivity contribution in [3.8, 4) is 5.69 Å². The quantitative estimate of drug-likeness (QED) is 0.835. The van der Waals surface area contributed by atoms with Gasteiger partial charge in [-0.3, -0.25) is 4.79 Å². The van der Waals surface area contributed by atoms with Crippen LogP contribution in [-0.4, -0.2) is 38.7 Å². The van der Waals surface area contributed by atoms with E-state index < -0.39 is 0 Å². The Morgan fingerprint density at radius 1 is 1.24 bits per heavy atom. The SMILES string of the molecule is CC(C)[C@@H](C)NC(=O)CNc1ccc(-n2cnnn2)cc1. The topological polar surface area (TPSA) is 84.7 Å². The standard InChI is InChI=1S/C14H20N6O/c1-10(2)11(3)17-14(21)8-15-12-4-6-13(7-5-12)20-9-16-18-19-20/h4-7,9-11,15H,8H2,1-3H3,(H,17,21)/t11-/m1/s1. The summed E-state index contributed by atoms with van der Waals surface area (Å²) in [5, 5.41) is 17.0. The van der Waals surface area contributed by atoms with Crippen LogP contribution in [0.2, 0.25) is 0 Å². The van der Waals surface area contributed by atoms with Gasteiger partial charge in [-0.25, -0.2) is 4.68 Å². The van der Waals surface area contributed by atoms with Gasteiger partial charge in [0.15, 0.2) is 0 Å². The number of amides is 1. The molecule has 21 heavy (non-hydrogen) atoms. The summed E-state index contributed by atoms with van der Waals surface area (Å²) in [5.74, 6) is 0.408. The summed E-state index contributed by atoms with van der Waals surface area (Å²) in [7, 11) is 0. The van der Waals surface area contributed by atoms with Gasteiger partial charge in [0.2, 0.25) is 5.91 Å². The number of anilines is 1. The number of hydrogen-bond donors (Lipinski definition) is 2. The van der Waals surface area contributed by atoms with E-state index in [4.69, 9.17) is 0 Å². The first-order valence-electron chi connectivity index (χ1n) is 6.93. The molecule has 1 atom stereocenters. The van der Waals surface area contributed by atoms with Crippen molar-refractivity contribution in [3.05, 3.63) is 30.6 Å². The first-order chi connectivity index (χ1) is 10.1. The second-order valence-electron chi connectivity index (χ2n) is 5.26. The predicted molar refractivity (Wildman–Crippen MR) is 80.1 cm³/mol. The van der Waals surface area contributed by atoms with Crippen molar-refractivity contribution >= 4 is 11.6 Å². The van der Waals surface area contributed by atoms with E-state index in [1.54, 1.807) is 4.68 Å². The number of hydrogen-bond acceptors (Lipinski definition) is 5. The van der Waals surface area contributed by atoms with Crippen LogP contribution in [0.1, 0.15) is 20.8 Å². The molecule has 0 aliphatic rings. The third-order valence-electron chi connectivity index (χ3n) is 3.32. The zero-order chi connectivity index (χ0) is 15.2. The summed E-state index contributed by atoms with van der Waals surface area (Å²) in [6.45, 7) is 6.41. The Bertz CT molecular complexity index is 564. The maximum absolute atomic E-state index is 11.8. The third kappa shape index (κ3) is 4.27. The molecule has 2 aromatic rings. The van der Waals surface area contributed by atoms with Crippen LogP contribution in [0.5, 0.6) is 0 Å². The molecule has 0 bridgehead atoms. The van der Waals surface area contributed by atoms with Crippen LogP contribution < -0.4 is 10.6 Å². The average molecular weight is 288 g/mol. The molecule has 7 nitrogen and oxygen atoms in total. The highest BCUT2D eigenvalue weighted by Gasteiger charge is 2.10. The summed E-state index contributed by atoms with van der Waals surface area (Å²) in [5.41, 5.74) is 1.74. The molecule has 0 aliphatic heterocycles. The van der Waals surface area contributed by atoms with Crippen molar-refractivity contribution < 1.29 is 4.79 Å². The molecule has 1 amide bonds. The minimum absolute atomic E-state index is 0.0132. The average Bonchev–Trinajstić information content (AvgIpc) is 2.99. The van der Waals surface area contributed by atoms with Crippen molar-refractivity contribution in [1.82, 2.24) is 25.5 Å². The van der Waals surface area contributed by atoms with Crippen LogP contribution in [0.15, 0.2) is 30.6 Å². The fraction of sp³-hybridized carbons (Fsp3) is 0.429. The van der Waals surface area contributed by atoms with E-state index >= 15 is 0 Å². The molecule has 0 saturated carbocycles. The zero-order valence-electron chi connectivity index (χ0n) is 12.4. The lowest BCUT2D eigenvalue weighted by molar-refractivity contribution is -0.120. The molecule has 0 saturated heterocycles. The van der Waals surface area contributed by atoms with Gasteiger partial charge in [-0.1, -0.05) is 13.8 Å². The minimum Gasteiger partial charge on any atom is -0.376 e. The smallest absolute Gasteiger partial charge is 0.239 e. The molecule has 1 aromatic carbocycles. The zero-order valence-corrected chi connectivity index (χ0v) is 12.4. The number of nitrogens with one attached hydrogen (secondary N) is 2. The molecule has 0 fully saturated rings. The van der Waals surface area contributed by atoms with Crippen LogP contribution in [0.4, 0.5) is 5.69 Å². The second kappa shape index (κ2) is 6.83. The predicted octanol–water partition coefficient (Wildman–Crippen LogP) is 1.23. The lowest BCUT2D eigenvalue weighted by atomic mass is 10.1. The molecule has 2 rings (SSSR count). The van der Waals surface area contributed by atoms with Gasteiger partial charge in [-0.15, -0.1) is 5.10 Å². The monoisotopic (exact) mass is 288 g/mol. The van der Waals surface area contributed by atoms with E-state index in [1.807, 2.05) is 31.2 Å². The van der Waals surface area contributed by atoms with Crippen molar-refractivity contribution in [1.29, 1.82) is 0 Å². The minimum atomic E-state index is -0.0132. The van der Waals surface area contributed by atoms with Crippen LogP contribution in [0.25, 0.3) is 5.69 Å². The Hall–Kier alpha value is -2.44. The molecule has 7 heteroatoms. The largest absolute Gasteiger partial charge is 0.376 e. The highest BCUT2D eigenvalue weighted by molar-refractivity contribution is 5.81.